The number of hydrogen-bond acceptors (Lipinski definition) is 4. The van der Waals surface area contributed by atoms with Crippen molar-refractivity contribution in [3.63, 3.8) is 0 Å². The molecule has 0 amide bonds. The van der Waals surface area contributed by atoms with Crippen LogP contribution < -0.4 is 24.4 Å². The molecular weight excluding hydrogens is 338 g/mol. The summed E-state index contributed by atoms with van der Waals surface area (Å²) in [5.41, 5.74) is 1.12. The van der Waals surface area contributed by atoms with Crippen molar-refractivity contribution < 1.29 is 19.1 Å². The molecule has 1 aliphatic heterocycles. The highest BCUT2D eigenvalue weighted by Crippen LogP contribution is 2.39. The van der Waals surface area contributed by atoms with Gasteiger partial charge in [0.25, 0.3) is 0 Å². The molecule has 138 valence electrons. The minimum Gasteiger partial charge on any atom is -0.493 e. The largest absolute Gasteiger partial charge is 0.493 e. The average molecular weight is 367 g/mol. The summed E-state index contributed by atoms with van der Waals surface area (Å²) in [4.78, 5) is 3.71. The van der Waals surface area contributed by atoms with Crippen LogP contribution in [0.2, 0.25) is 0 Å². The summed E-state index contributed by atoms with van der Waals surface area (Å²) in [7, 11) is 4.93. The summed E-state index contributed by atoms with van der Waals surface area (Å²) in [5.74, 6) is 2.08. The van der Waals surface area contributed by atoms with Crippen LogP contribution in [0.5, 0.6) is 17.2 Å². The number of nitrogens with one attached hydrogen (secondary N) is 2. The zero-order valence-corrected chi connectivity index (χ0v) is 16.1. The smallest absolute Gasteiger partial charge is 0.203 e. The Bertz CT molecular complexity index is 601. The summed E-state index contributed by atoms with van der Waals surface area (Å²) in [6.45, 7) is 9.21. The first-order valence-corrected chi connectivity index (χ1v) is 8.80. The van der Waals surface area contributed by atoms with Crippen molar-refractivity contribution in [3.05, 3.63) is 30.4 Å². The van der Waals surface area contributed by atoms with Gasteiger partial charge in [0.1, 0.15) is 6.54 Å². The zero-order valence-electron chi connectivity index (χ0n) is 15.3. The lowest BCUT2D eigenvalue weighted by Crippen LogP contribution is -3.13. The van der Waals surface area contributed by atoms with Crippen molar-refractivity contribution in [3.8, 4) is 17.2 Å². The van der Waals surface area contributed by atoms with Crippen LogP contribution in [0.4, 0.5) is 0 Å². The van der Waals surface area contributed by atoms with E-state index in [1.54, 1.807) is 21.3 Å². The Kier molecular flexibility index (Phi) is 7.33. The van der Waals surface area contributed by atoms with E-state index >= 15 is 0 Å². The Morgan fingerprint density at radius 3 is 2.44 bits per heavy atom. The predicted octanol–water partition coefficient (Wildman–Crippen LogP) is 0.473. The van der Waals surface area contributed by atoms with Gasteiger partial charge in [0.2, 0.25) is 5.75 Å². The van der Waals surface area contributed by atoms with Crippen LogP contribution in [-0.2, 0) is 6.54 Å². The minimum absolute atomic E-state index is 0.648. The van der Waals surface area contributed by atoms with Crippen LogP contribution in [0.15, 0.2) is 24.8 Å². The van der Waals surface area contributed by atoms with Crippen LogP contribution >= 0.6 is 12.2 Å². The van der Waals surface area contributed by atoms with Gasteiger partial charge in [-0.15, -0.1) is 6.58 Å². The van der Waals surface area contributed by atoms with E-state index < -0.39 is 0 Å². The first-order chi connectivity index (χ1) is 12.1. The summed E-state index contributed by atoms with van der Waals surface area (Å²) >= 11 is 5.42. The number of quaternary nitrogens is 1. The first-order valence-electron chi connectivity index (χ1n) is 8.39. The Hall–Kier alpha value is -1.99. The molecule has 0 atom stereocenters. The lowest BCUT2D eigenvalue weighted by atomic mass is 10.1. The van der Waals surface area contributed by atoms with Gasteiger partial charge >= 0.3 is 0 Å². The first kappa shape index (κ1) is 19.3. The highest BCUT2D eigenvalue weighted by molar-refractivity contribution is 7.80. The van der Waals surface area contributed by atoms with Crippen molar-refractivity contribution in [1.29, 1.82) is 0 Å². The van der Waals surface area contributed by atoms with Gasteiger partial charge in [0, 0.05) is 6.54 Å². The lowest BCUT2D eigenvalue weighted by Gasteiger charge is -2.34. The number of thiocarbonyl (C=S) groups is 1. The Morgan fingerprint density at radius 2 is 1.88 bits per heavy atom. The normalized spacial score (nSPS) is 14.8. The monoisotopic (exact) mass is 366 g/mol. The molecule has 2 rings (SSSR count). The fourth-order valence-electron chi connectivity index (χ4n) is 3.05. The number of methoxy groups -OCH3 is 3. The van der Waals surface area contributed by atoms with Gasteiger partial charge in [-0.25, -0.2) is 0 Å². The summed E-state index contributed by atoms with van der Waals surface area (Å²) < 4.78 is 16.4. The topological polar surface area (TPSA) is 47.4 Å². The number of hydrogen-bond donors (Lipinski definition) is 2. The third kappa shape index (κ3) is 4.76. The van der Waals surface area contributed by atoms with Crippen LogP contribution in [0.3, 0.4) is 0 Å². The maximum absolute atomic E-state index is 5.59. The molecule has 0 spiro atoms. The molecule has 25 heavy (non-hydrogen) atoms. The molecule has 1 fully saturated rings. The molecule has 1 heterocycles. The van der Waals surface area contributed by atoms with Crippen LogP contribution in [0.25, 0.3) is 0 Å². The molecule has 2 N–H and O–H groups in total. The summed E-state index contributed by atoms with van der Waals surface area (Å²) in [6, 6.07) is 3.98. The third-order valence-electron chi connectivity index (χ3n) is 4.38. The van der Waals surface area contributed by atoms with E-state index in [0.717, 1.165) is 49.1 Å². The van der Waals surface area contributed by atoms with E-state index in [1.165, 1.54) is 4.90 Å². The molecule has 0 bridgehead atoms. The molecule has 0 saturated carbocycles. The quantitative estimate of drug-likeness (QED) is 0.541. The predicted molar refractivity (Wildman–Crippen MR) is 103 cm³/mol. The van der Waals surface area contributed by atoms with E-state index in [2.05, 4.69) is 22.9 Å². The molecule has 7 heteroatoms. The Labute approximate surface area is 155 Å². The fraction of sp³-hybridized carbons (Fsp3) is 0.500. The van der Waals surface area contributed by atoms with E-state index in [0.29, 0.717) is 18.0 Å². The molecule has 0 aromatic heterocycles. The van der Waals surface area contributed by atoms with Gasteiger partial charge in [-0.2, -0.15) is 0 Å². The van der Waals surface area contributed by atoms with Crippen molar-refractivity contribution >= 4 is 17.3 Å². The second-order valence-corrected chi connectivity index (χ2v) is 6.27. The number of nitrogens with zero attached hydrogens (tertiary/aromatic N) is 1. The van der Waals surface area contributed by atoms with Crippen molar-refractivity contribution in [1.82, 2.24) is 10.2 Å². The molecule has 0 aliphatic carbocycles. The molecule has 0 radical (unpaired) electrons. The molecule has 6 nitrogen and oxygen atoms in total. The van der Waals surface area contributed by atoms with Gasteiger partial charge < -0.3 is 29.3 Å². The highest BCUT2D eigenvalue weighted by atomic mass is 32.1. The van der Waals surface area contributed by atoms with E-state index in [4.69, 9.17) is 26.4 Å². The maximum atomic E-state index is 5.59. The lowest BCUT2D eigenvalue weighted by molar-refractivity contribution is -0.917. The van der Waals surface area contributed by atoms with E-state index in [-0.39, 0.29) is 0 Å². The summed E-state index contributed by atoms with van der Waals surface area (Å²) in [5, 5.41) is 4.00. The molecule has 1 aromatic rings. The third-order valence-corrected chi connectivity index (χ3v) is 4.78. The fourth-order valence-corrected chi connectivity index (χ4v) is 3.31. The van der Waals surface area contributed by atoms with Crippen molar-refractivity contribution in [2.75, 3.05) is 54.1 Å². The van der Waals surface area contributed by atoms with Crippen LogP contribution in [0, 0.1) is 0 Å². The van der Waals surface area contributed by atoms with Gasteiger partial charge in [0.15, 0.2) is 16.6 Å². The van der Waals surface area contributed by atoms with E-state index in [1.807, 2.05) is 12.1 Å². The Balaban J connectivity index is 2.00. The van der Waals surface area contributed by atoms with Gasteiger partial charge in [-0.1, -0.05) is 6.08 Å². The van der Waals surface area contributed by atoms with Crippen molar-refractivity contribution in [2.24, 2.45) is 0 Å². The second-order valence-electron chi connectivity index (χ2n) is 5.88. The van der Waals surface area contributed by atoms with Gasteiger partial charge in [-0.05, 0) is 24.4 Å². The highest BCUT2D eigenvalue weighted by Gasteiger charge is 2.24. The van der Waals surface area contributed by atoms with Gasteiger partial charge in [-0.3, -0.25) is 0 Å². The Morgan fingerprint density at radius 1 is 1.20 bits per heavy atom. The standard InChI is InChI=1S/C18H27N3O3S/c1-5-8-19-18(25)21-11-9-20(10-12-21)13-14-6-7-15(22-2)17(24-4)16(14)23-3/h5-7H,1,8-13H2,2-4H3,(H,19,25)/p+1. The average Bonchev–Trinajstić information content (AvgIpc) is 2.66. The van der Waals surface area contributed by atoms with Crippen LogP contribution in [0.1, 0.15) is 5.56 Å². The number of piperazine rings is 1. The number of rotatable bonds is 7. The second kappa shape index (κ2) is 9.48. The van der Waals surface area contributed by atoms with Crippen LogP contribution in [-0.4, -0.2) is 64.1 Å². The molecule has 0 unspecified atom stereocenters. The van der Waals surface area contributed by atoms with E-state index in [9.17, 15) is 0 Å². The molecule has 1 saturated heterocycles. The van der Waals surface area contributed by atoms with Gasteiger partial charge in [0.05, 0.1) is 53.1 Å². The van der Waals surface area contributed by atoms with Crippen molar-refractivity contribution in [2.45, 2.75) is 6.54 Å². The maximum Gasteiger partial charge on any atom is 0.203 e. The molecular formula is C18H28N3O3S+. The molecule has 1 aliphatic rings. The number of benzene rings is 1. The molecule has 1 aromatic carbocycles. The summed E-state index contributed by atoms with van der Waals surface area (Å²) in [6.07, 6.45) is 1.82. The number of ether oxygens (including phenoxy) is 3. The SMILES string of the molecule is C=CCNC(=S)N1CC[NH+](Cc2ccc(OC)c(OC)c2OC)CC1. The zero-order chi connectivity index (χ0) is 18.2. The minimum atomic E-state index is 0.648.